The number of ketones is 1. The highest BCUT2D eigenvalue weighted by Crippen LogP contribution is 2.31. The van der Waals surface area contributed by atoms with Gasteiger partial charge in [-0.25, -0.2) is 0 Å². The number of carbonyl (C=O) groups is 1. The van der Waals surface area contributed by atoms with Crippen molar-refractivity contribution in [2.24, 2.45) is 0 Å². The van der Waals surface area contributed by atoms with Gasteiger partial charge in [0.05, 0.1) is 5.56 Å². The fraction of sp³-hybridized carbons (Fsp3) is 0. The van der Waals surface area contributed by atoms with Crippen molar-refractivity contribution in [3.63, 3.8) is 0 Å². The summed E-state index contributed by atoms with van der Waals surface area (Å²) in [6, 6.07) is 18.2. The van der Waals surface area contributed by atoms with E-state index >= 15 is 0 Å². The Morgan fingerprint density at radius 1 is 1.04 bits per heavy atom. The van der Waals surface area contributed by atoms with Gasteiger partial charge in [0.2, 0.25) is 0 Å². The highest BCUT2D eigenvalue weighted by atomic mass is 35.5. The predicted molar refractivity (Wildman–Crippen MR) is 113 cm³/mol. The molecule has 0 radical (unpaired) electrons. The number of nitrogens with one attached hydrogen (secondary N) is 1. The Balaban J connectivity index is 1.95. The van der Waals surface area contributed by atoms with Crippen molar-refractivity contribution in [3.8, 4) is 11.1 Å². The molecule has 0 amide bonds. The Bertz CT molecular complexity index is 1250. The summed E-state index contributed by atoms with van der Waals surface area (Å²) >= 11 is 6.18. The second-order valence-electron chi connectivity index (χ2n) is 6.24. The fourth-order valence-electron chi connectivity index (χ4n) is 3.13. The Morgan fingerprint density at radius 3 is 2.61 bits per heavy atom. The van der Waals surface area contributed by atoms with E-state index in [1.54, 1.807) is 42.7 Å². The highest BCUT2D eigenvalue weighted by molar-refractivity contribution is 6.31. The first-order chi connectivity index (χ1) is 13.6. The van der Waals surface area contributed by atoms with Crippen molar-refractivity contribution in [2.45, 2.75) is 0 Å². The molecule has 136 valence electrons. The summed E-state index contributed by atoms with van der Waals surface area (Å²) in [5.74, 6) is -0.383. The van der Waals surface area contributed by atoms with Crippen molar-refractivity contribution in [1.82, 2.24) is 9.97 Å². The van der Waals surface area contributed by atoms with Crippen molar-refractivity contribution < 1.29 is 4.79 Å². The van der Waals surface area contributed by atoms with Gasteiger partial charge < -0.3 is 4.98 Å². The van der Waals surface area contributed by atoms with Gasteiger partial charge in [-0.2, -0.15) is 0 Å². The van der Waals surface area contributed by atoms with Crippen LogP contribution < -0.4 is 5.56 Å². The van der Waals surface area contributed by atoms with Crippen molar-refractivity contribution >= 4 is 34.4 Å². The number of carbonyl (C=O) groups excluding carboxylic acids is 1. The summed E-state index contributed by atoms with van der Waals surface area (Å²) in [7, 11) is 0. The summed E-state index contributed by atoms with van der Waals surface area (Å²) in [5, 5.41) is 1.21. The zero-order valence-electron chi connectivity index (χ0n) is 14.7. The molecule has 0 aliphatic heterocycles. The second kappa shape index (κ2) is 7.62. The first kappa shape index (κ1) is 17.9. The number of benzene rings is 2. The molecule has 1 N–H and O–H groups in total. The van der Waals surface area contributed by atoms with Gasteiger partial charge in [0, 0.05) is 39.4 Å². The van der Waals surface area contributed by atoms with E-state index in [1.165, 1.54) is 6.08 Å². The van der Waals surface area contributed by atoms with E-state index in [2.05, 4.69) is 9.97 Å². The minimum absolute atomic E-state index is 0.0648. The number of fused-ring (bicyclic) bond motifs is 1. The number of halogens is 1. The molecule has 28 heavy (non-hydrogen) atoms. The zero-order valence-corrected chi connectivity index (χ0v) is 15.5. The quantitative estimate of drug-likeness (QED) is 0.390. The van der Waals surface area contributed by atoms with E-state index in [4.69, 9.17) is 11.6 Å². The summed E-state index contributed by atoms with van der Waals surface area (Å²) < 4.78 is 0. The number of hydrogen-bond donors (Lipinski definition) is 1. The molecule has 4 aromatic rings. The van der Waals surface area contributed by atoms with Crippen molar-refractivity contribution in [1.29, 1.82) is 0 Å². The number of H-pyrrole nitrogens is 1. The Hall–Kier alpha value is -3.50. The lowest BCUT2D eigenvalue weighted by Crippen LogP contribution is -2.18. The van der Waals surface area contributed by atoms with Gasteiger partial charge >= 0.3 is 0 Å². The Morgan fingerprint density at radius 2 is 1.86 bits per heavy atom. The topological polar surface area (TPSA) is 62.8 Å². The number of nitrogens with zero attached hydrogens (tertiary/aromatic N) is 1. The maximum absolute atomic E-state index is 13.0. The highest BCUT2D eigenvalue weighted by Gasteiger charge is 2.19. The van der Waals surface area contributed by atoms with Gasteiger partial charge in [-0.15, -0.1) is 0 Å². The average Bonchev–Trinajstić information content (AvgIpc) is 2.73. The molecule has 0 bridgehead atoms. The summed E-state index contributed by atoms with van der Waals surface area (Å²) in [5.41, 5.74) is 2.30. The minimum Gasteiger partial charge on any atom is -0.321 e. The lowest BCUT2D eigenvalue weighted by molar-refractivity contribution is 0.104. The molecule has 4 nitrogen and oxygen atoms in total. The molecular formula is C23H15ClN2O2. The lowest BCUT2D eigenvalue weighted by Gasteiger charge is -2.11. The molecular weight excluding hydrogens is 372 g/mol. The Kier molecular flexibility index (Phi) is 4.87. The van der Waals surface area contributed by atoms with E-state index in [0.29, 0.717) is 27.1 Å². The monoisotopic (exact) mass is 386 g/mol. The maximum Gasteiger partial charge on any atom is 0.260 e. The molecule has 0 atom stereocenters. The van der Waals surface area contributed by atoms with E-state index in [-0.39, 0.29) is 11.3 Å². The number of rotatable bonds is 4. The molecule has 4 rings (SSSR count). The normalized spacial score (nSPS) is 11.2. The van der Waals surface area contributed by atoms with E-state index in [0.717, 1.165) is 5.56 Å². The molecule has 0 saturated carbocycles. The fourth-order valence-corrected chi connectivity index (χ4v) is 3.30. The smallest absolute Gasteiger partial charge is 0.260 e. The van der Waals surface area contributed by atoms with Crippen LogP contribution in [0.3, 0.4) is 0 Å². The third-order valence-electron chi connectivity index (χ3n) is 4.40. The van der Waals surface area contributed by atoms with Gasteiger partial charge in [0.15, 0.2) is 5.78 Å². The number of aromatic nitrogens is 2. The molecule has 5 heteroatoms. The van der Waals surface area contributed by atoms with Crippen molar-refractivity contribution in [3.05, 3.63) is 106 Å². The molecule has 0 aliphatic rings. The lowest BCUT2D eigenvalue weighted by atomic mass is 9.94. The van der Waals surface area contributed by atoms with Gasteiger partial charge in [0.25, 0.3) is 5.56 Å². The maximum atomic E-state index is 13.0. The molecule has 0 saturated heterocycles. The van der Waals surface area contributed by atoms with Crippen LogP contribution in [0.1, 0.15) is 15.9 Å². The second-order valence-corrected chi connectivity index (χ2v) is 6.68. The SMILES string of the molecule is O=C(/C=C/c1ccccc1)c1c(-c2cccnc2)c2cc(Cl)ccc2[nH]c1=O. The summed E-state index contributed by atoms with van der Waals surface area (Å²) in [6.45, 7) is 0. The first-order valence-electron chi connectivity index (χ1n) is 8.67. The number of hydrogen-bond acceptors (Lipinski definition) is 3. The number of pyridine rings is 2. The average molecular weight is 387 g/mol. The largest absolute Gasteiger partial charge is 0.321 e. The van der Waals surface area contributed by atoms with Crippen LogP contribution in [0.25, 0.3) is 28.1 Å². The van der Waals surface area contributed by atoms with E-state index in [9.17, 15) is 9.59 Å². The van der Waals surface area contributed by atoms with Gasteiger partial charge in [-0.05, 0) is 35.9 Å². The van der Waals surface area contributed by atoms with E-state index in [1.807, 2.05) is 36.4 Å². The van der Waals surface area contributed by atoms with Gasteiger partial charge in [-0.1, -0.05) is 54.1 Å². The van der Waals surface area contributed by atoms with Crippen LogP contribution in [0.2, 0.25) is 5.02 Å². The van der Waals surface area contributed by atoms with Crippen LogP contribution in [0.5, 0.6) is 0 Å². The molecule has 0 unspecified atom stereocenters. The Labute approximate surface area is 166 Å². The van der Waals surface area contributed by atoms with Crippen LogP contribution >= 0.6 is 11.6 Å². The van der Waals surface area contributed by atoms with Crippen LogP contribution in [-0.2, 0) is 0 Å². The summed E-state index contributed by atoms with van der Waals surface area (Å²) in [4.78, 5) is 32.7. The standard InChI is InChI=1S/C23H15ClN2O2/c24-17-9-10-19-18(13-17)21(16-7-4-12-25-14-16)22(23(28)26-19)20(27)11-8-15-5-2-1-3-6-15/h1-14H,(H,26,28)/b11-8+. The molecule has 0 aliphatic carbocycles. The zero-order chi connectivity index (χ0) is 19.5. The molecule has 0 fully saturated rings. The number of aromatic amines is 1. The number of allylic oxidation sites excluding steroid dienone is 1. The predicted octanol–water partition coefficient (Wildman–Crippen LogP) is 5.14. The van der Waals surface area contributed by atoms with Crippen LogP contribution in [-0.4, -0.2) is 15.8 Å². The third-order valence-corrected chi connectivity index (χ3v) is 4.63. The van der Waals surface area contributed by atoms with E-state index < -0.39 is 5.56 Å². The van der Waals surface area contributed by atoms with Crippen molar-refractivity contribution in [2.75, 3.05) is 0 Å². The molecule has 0 spiro atoms. The summed E-state index contributed by atoms with van der Waals surface area (Å²) in [6.07, 6.45) is 6.38. The van der Waals surface area contributed by atoms with Gasteiger partial charge in [-0.3, -0.25) is 14.6 Å². The van der Waals surface area contributed by atoms with Crippen LogP contribution in [0, 0.1) is 0 Å². The third kappa shape index (κ3) is 3.50. The van der Waals surface area contributed by atoms with Crippen LogP contribution in [0.15, 0.2) is 83.9 Å². The molecule has 2 aromatic carbocycles. The molecule has 2 heterocycles. The van der Waals surface area contributed by atoms with Crippen LogP contribution in [0.4, 0.5) is 0 Å². The minimum atomic E-state index is -0.448. The molecule has 2 aromatic heterocycles. The van der Waals surface area contributed by atoms with Gasteiger partial charge in [0.1, 0.15) is 0 Å². The first-order valence-corrected chi connectivity index (χ1v) is 9.05.